The lowest BCUT2D eigenvalue weighted by Crippen LogP contribution is -2.46. The fourth-order valence-electron chi connectivity index (χ4n) is 3.19. The summed E-state index contributed by atoms with van der Waals surface area (Å²) in [5.74, 6) is -1.87. The number of aryl methyl sites for hydroxylation is 1. The highest BCUT2D eigenvalue weighted by atomic mass is 31.3. The standard InChI is InChI=1S/C12H19BN5O12P3/c1-17-3-18(9-6(17)10(21)16-12(14)15-9)11-8(20)7(19)5(29-11)2-28-33(13,27)30-32(25,26)4-31(22,23)24/h3,5,7-8,11,19-20H,2,4H2,1H3,(H5-,14,15,16,21,22,23,24,25,26)/p+1/t5-,7-,8-,11-,33-/m1/s1. The Morgan fingerprint density at radius 1 is 1.30 bits per heavy atom. The molecule has 2 aromatic heterocycles. The van der Waals surface area contributed by atoms with Crippen LogP contribution >= 0.6 is 22.7 Å². The van der Waals surface area contributed by atoms with Crippen LogP contribution in [0.3, 0.4) is 0 Å². The van der Waals surface area contributed by atoms with Crippen molar-refractivity contribution in [3.05, 3.63) is 16.7 Å². The molecule has 2 radical (unpaired) electrons. The zero-order valence-electron chi connectivity index (χ0n) is 16.7. The topological polar surface area (TPSA) is 261 Å². The number of aliphatic hydroxyl groups is 2. The molecule has 33 heavy (non-hydrogen) atoms. The Hall–Kier alpha value is -1.42. The van der Waals surface area contributed by atoms with Crippen LogP contribution in [-0.4, -0.2) is 77.8 Å². The normalized spacial score (nSPS) is 27.5. The van der Waals surface area contributed by atoms with Gasteiger partial charge >= 0.3 is 20.8 Å². The molecule has 0 aromatic carbocycles. The predicted molar refractivity (Wildman–Crippen MR) is 109 cm³/mol. The lowest BCUT2D eigenvalue weighted by Gasteiger charge is -2.21. The van der Waals surface area contributed by atoms with Crippen molar-refractivity contribution in [2.75, 3.05) is 18.2 Å². The van der Waals surface area contributed by atoms with Crippen molar-refractivity contribution in [2.45, 2.75) is 24.5 Å². The van der Waals surface area contributed by atoms with E-state index < -0.39 is 65.3 Å². The van der Waals surface area contributed by atoms with E-state index in [0.717, 1.165) is 0 Å². The van der Waals surface area contributed by atoms with Gasteiger partial charge in [0.25, 0.3) is 19.0 Å². The number of ether oxygens (including phenoxy) is 1. The summed E-state index contributed by atoms with van der Waals surface area (Å²) in [5, 5.41) is 20.7. The van der Waals surface area contributed by atoms with Crippen LogP contribution in [0.15, 0.2) is 11.1 Å². The first-order valence-corrected chi connectivity index (χ1v) is 14.1. The molecule has 1 unspecified atom stereocenters. The number of nitrogens with two attached hydrogens (primary N) is 1. The van der Waals surface area contributed by atoms with Gasteiger partial charge in [0.05, 0.1) is 13.7 Å². The van der Waals surface area contributed by atoms with E-state index in [9.17, 15) is 33.6 Å². The number of aliphatic hydroxyl groups excluding tert-OH is 2. The number of H-pyrrole nitrogens is 1. The maximum absolute atomic E-state index is 12.1. The monoisotopic (exact) mass is 530 g/mol. The number of fused-ring (bicyclic) bond motifs is 1. The van der Waals surface area contributed by atoms with Crippen molar-refractivity contribution in [3.8, 4) is 0 Å². The van der Waals surface area contributed by atoms with Gasteiger partial charge in [-0.3, -0.25) is 28.0 Å². The number of rotatable bonds is 8. The number of hydrogen-bond acceptors (Lipinski definition) is 11. The van der Waals surface area contributed by atoms with Gasteiger partial charge in [0.2, 0.25) is 19.3 Å². The van der Waals surface area contributed by atoms with Crippen LogP contribution in [0.1, 0.15) is 6.23 Å². The highest BCUT2D eigenvalue weighted by Crippen LogP contribution is 2.64. The van der Waals surface area contributed by atoms with Crippen molar-refractivity contribution in [1.82, 2.24) is 14.5 Å². The van der Waals surface area contributed by atoms with E-state index in [4.69, 9.17) is 32.3 Å². The second-order valence-corrected chi connectivity index (χ2v) is 12.9. The molecule has 0 bridgehead atoms. The molecule has 0 aliphatic carbocycles. The van der Waals surface area contributed by atoms with E-state index in [1.807, 2.05) is 0 Å². The van der Waals surface area contributed by atoms with Crippen molar-refractivity contribution in [3.63, 3.8) is 0 Å². The van der Waals surface area contributed by atoms with Gasteiger partial charge in [-0.2, -0.15) is 0 Å². The Morgan fingerprint density at radius 3 is 2.55 bits per heavy atom. The molecule has 3 heterocycles. The first-order valence-electron chi connectivity index (χ1n) is 8.88. The van der Waals surface area contributed by atoms with E-state index in [1.165, 1.54) is 22.5 Å². The SMILES string of the molecule is [B][P@@](=O)(OC[C@H]1O[C@@H]([n+]2cn(C)c3c(=O)[nH]c(N)nc32)[C@H](O)[C@@H]1O)OP(=O)(O)CP(=O)(O)O. The van der Waals surface area contributed by atoms with Crippen LogP contribution in [0.4, 0.5) is 5.95 Å². The molecule has 1 fully saturated rings. The van der Waals surface area contributed by atoms with E-state index in [1.54, 1.807) is 0 Å². The fourth-order valence-corrected chi connectivity index (χ4v) is 7.69. The second kappa shape index (κ2) is 8.98. The molecule has 0 spiro atoms. The average Bonchev–Trinajstić information content (AvgIpc) is 3.07. The van der Waals surface area contributed by atoms with Gasteiger partial charge in [-0.1, -0.05) is 4.98 Å². The quantitative estimate of drug-likeness (QED) is 0.105. The number of hydrogen-bond donors (Lipinski definition) is 7. The van der Waals surface area contributed by atoms with Crippen molar-refractivity contribution < 1.29 is 56.7 Å². The van der Waals surface area contributed by atoms with Crippen LogP contribution in [-0.2, 0) is 34.3 Å². The van der Waals surface area contributed by atoms with Crippen LogP contribution in [0.2, 0.25) is 0 Å². The Morgan fingerprint density at radius 2 is 1.94 bits per heavy atom. The zero-order chi connectivity index (χ0) is 24.9. The van der Waals surface area contributed by atoms with Crippen molar-refractivity contribution in [1.29, 1.82) is 0 Å². The molecule has 17 nitrogen and oxygen atoms in total. The smallest absolute Gasteiger partial charge is 0.346 e. The van der Waals surface area contributed by atoms with E-state index in [-0.39, 0.29) is 17.1 Å². The first kappa shape index (κ1) is 26.2. The molecular formula is C12H20BN5O12P3+. The minimum atomic E-state index is -5.11. The molecule has 0 amide bonds. The van der Waals surface area contributed by atoms with Crippen LogP contribution in [0.5, 0.6) is 0 Å². The van der Waals surface area contributed by atoms with Crippen LogP contribution in [0, 0.1) is 0 Å². The largest absolute Gasteiger partial charge is 0.387 e. The summed E-state index contributed by atoms with van der Waals surface area (Å²) in [6.07, 6.45) is -4.62. The van der Waals surface area contributed by atoms with Crippen LogP contribution in [0.25, 0.3) is 11.2 Å². The van der Waals surface area contributed by atoms with Gasteiger partial charge in [0, 0.05) is 0 Å². The van der Waals surface area contributed by atoms with Gasteiger partial charge in [-0.15, -0.1) is 0 Å². The molecule has 2 aromatic rings. The van der Waals surface area contributed by atoms with Crippen molar-refractivity contribution in [2.24, 2.45) is 7.05 Å². The van der Waals surface area contributed by atoms with Gasteiger partial charge in [-0.25, -0.2) is 8.88 Å². The number of anilines is 1. The summed E-state index contributed by atoms with van der Waals surface area (Å²) in [6.45, 7) is -0.820. The molecule has 1 aliphatic rings. The first-order chi connectivity index (χ1) is 15.0. The summed E-state index contributed by atoms with van der Waals surface area (Å²) in [5.41, 5.74) is 5.09. The number of aromatic amines is 1. The molecule has 6 atom stereocenters. The zero-order valence-corrected chi connectivity index (χ0v) is 19.4. The Kier molecular flexibility index (Phi) is 7.13. The van der Waals surface area contributed by atoms with Gasteiger partial charge in [0.1, 0.15) is 18.3 Å². The molecule has 3 rings (SSSR count). The molecule has 1 aliphatic heterocycles. The molecular weight excluding hydrogens is 510 g/mol. The average molecular weight is 530 g/mol. The molecule has 0 saturated carbocycles. The fraction of sp³-hybridized carbons (Fsp3) is 0.583. The molecule has 8 N–H and O–H groups in total. The number of nitrogens with one attached hydrogen (secondary N) is 1. The van der Waals surface area contributed by atoms with E-state index in [2.05, 4.69) is 14.3 Å². The third-order valence-corrected chi connectivity index (χ3v) is 9.77. The maximum atomic E-state index is 12.1. The molecule has 182 valence electrons. The number of nitrogens with zero attached hydrogens (tertiary/aromatic N) is 3. The molecule has 21 heteroatoms. The minimum Gasteiger partial charge on any atom is -0.387 e. The third-order valence-electron chi connectivity index (χ3n) is 4.42. The van der Waals surface area contributed by atoms with Crippen LogP contribution < -0.4 is 15.9 Å². The highest BCUT2D eigenvalue weighted by Gasteiger charge is 2.48. The summed E-state index contributed by atoms with van der Waals surface area (Å²) >= 11 is 0. The highest BCUT2D eigenvalue weighted by molar-refractivity contribution is 7.85. The van der Waals surface area contributed by atoms with E-state index >= 15 is 0 Å². The van der Waals surface area contributed by atoms with Gasteiger partial charge in [0.15, 0.2) is 12.2 Å². The Labute approximate surface area is 185 Å². The Bertz CT molecular complexity index is 1260. The predicted octanol–water partition coefficient (Wildman–Crippen LogP) is -2.62. The Balaban J connectivity index is 1.76. The molecule has 1 saturated heterocycles. The van der Waals surface area contributed by atoms with E-state index in [0.29, 0.717) is 0 Å². The van der Waals surface area contributed by atoms with Gasteiger partial charge < -0.3 is 39.9 Å². The lowest BCUT2D eigenvalue weighted by molar-refractivity contribution is -0.745. The summed E-state index contributed by atoms with van der Waals surface area (Å²) < 4.78 is 51.7. The summed E-state index contributed by atoms with van der Waals surface area (Å²) in [4.78, 5) is 45.4. The minimum absolute atomic E-state index is 0.0167. The van der Waals surface area contributed by atoms with Crippen molar-refractivity contribution >= 4 is 47.3 Å². The lowest BCUT2D eigenvalue weighted by atomic mass is 10.1. The van der Waals surface area contributed by atoms with Gasteiger partial charge in [-0.05, 0) is 0 Å². The third kappa shape index (κ3) is 5.99. The summed E-state index contributed by atoms with van der Waals surface area (Å²) in [7, 11) is -8.27. The number of imidazole rings is 1. The second-order valence-electron chi connectivity index (χ2n) is 7.16. The number of nitrogen functional groups attached to an aromatic ring is 1. The number of aromatic nitrogens is 4. The maximum Gasteiger partial charge on any atom is 0.346 e. The summed E-state index contributed by atoms with van der Waals surface area (Å²) in [6, 6.07) is 0.